The number of carbonyl (C=O) groups excluding carboxylic acids is 1. The van der Waals surface area contributed by atoms with Gasteiger partial charge in [0.2, 0.25) is 5.91 Å². The van der Waals surface area contributed by atoms with E-state index in [1.807, 2.05) is 13.8 Å². The lowest BCUT2D eigenvalue weighted by Crippen LogP contribution is -2.57. The lowest BCUT2D eigenvalue weighted by Gasteiger charge is -2.45. The Morgan fingerprint density at radius 2 is 2.25 bits per heavy atom. The van der Waals surface area contributed by atoms with E-state index in [1.165, 1.54) is 12.0 Å². The number of rotatable bonds is 3. The number of nitrogens with zero attached hydrogens (tertiary/aromatic N) is 1. The standard InChI is InChI=1S/C11H20FNO3/c1-11(2)7-13(9(15)4-5-14)6-8(12)10(11)16-3/h8,10,14H,4-7H2,1-3H3/t8-,10-/m1/s1. The molecule has 0 bridgehead atoms. The summed E-state index contributed by atoms with van der Waals surface area (Å²) in [6.45, 7) is 4.09. The smallest absolute Gasteiger partial charge is 0.224 e. The first-order valence-corrected chi connectivity index (χ1v) is 5.48. The van der Waals surface area contributed by atoms with Gasteiger partial charge in [0, 0.05) is 25.5 Å². The van der Waals surface area contributed by atoms with E-state index in [1.54, 1.807) is 0 Å². The molecule has 0 spiro atoms. The van der Waals surface area contributed by atoms with Gasteiger partial charge in [0.25, 0.3) is 0 Å². The van der Waals surface area contributed by atoms with Gasteiger partial charge in [-0.25, -0.2) is 4.39 Å². The number of aliphatic hydroxyl groups is 1. The molecule has 1 saturated heterocycles. The summed E-state index contributed by atoms with van der Waals surface area (Å²) in [7, 11) is 1.49. The fraction of sp³-hybridized carbons (Fsp3) is 0.909. The van der Waals surface area contributed by atoms with Gasteiger partial charge in [-0.1, -0.05) is 13.8 Å². The van der Waals surface area contributed by atoms with Crippen LogP contribution in [0.1, 0.15) is 20.3 Å². The highest BCUT2D eigenvalue weighted by Crippen LogP contribution is 2.33. The maximum absolute atomic E-state index is 13.8. The molecule has 0 saturated carbocycles. The highest BCUT2D eigenvalue weighted by atomic mass is 19.1. The predicted molar refractivity (Wildman–Crippen MR) is 57.8 cm³/mol. The number of hydrogen-bond donors (Lipinski definition) is 1. The first kappa shape index (κ1) is 13.4. The normalized spacial score (nSPS) is 29.2. The van der Waals surface area contributed by atoms with E-state index in [4.69, 9.17) is 9.84 Å². The van der Waals surface area contributed by atoms with E-state index in [9.17, 15) is 9.18 Å². The van der Waals surface area contributed by atoms with Crippen molar-refractivity contribution in [2.75, 3.05) is 26.8 Å². The molecule has 1 rings (SSSR count). The molecule has 1 aliphatic rings. The van der Waals surface area contributed by atoms with Crippen molar-refractivity contribution in [3.63, 3.8) is 0 Å². The van der Waals surface area contributed by atoms with Crippen LogP contribution in [0.4, 0.5) is 4.39 Å². The van der Waals surface area contributed by atoms with Crippen LogP contribution in [-0.4, -0.2) is 55.0 Å². The van der Waals surface area contributed by atoms with Crippen molar-refractivity contribution in [1.82, 2.24) is 4.90 Å². The van der Waals surface area contributed by atoms with E-state index in [2.05, 4.69) is 0 Å². The zero-order chi connectivity index (χ0) is 12.3. The average Bonchev–Trinajstić information content (AvgIpc) is 2.16. The SMILES string of the molecule is CO[C@@H]1[C@H](F)CN(C(=O)CCO)CC1(C)C. The Morgan fingerprint density at radius 1 is 1.62 bits per heavy atom. The molecule has 4 nitrogen and oxygen atoms in total. The van der Waals surface area contributed by atoms with E-state index < -0.39 is 17.7 Å². The van der Waals surface area contributed by atoms with E-state index >= 15 is 0 Å². The van der Waals surface area contributed by atoms with E-state index in [-0.39, 0.29) is 25.5 Å². The zero-order valence-electron chi connectivity index (χ0n) is 10.1. The largest absolute Gasteiger partial charge is 0.396 e. The third kappa shape index (κ3) is 2.71. The van der Waals surface area contributed by atoms with Gasteiger partial charge in [0.15, 0.2) is 0 Å². The van der Waals surface area contributed by atoms with Crippen LogP contribution in [0.15, 0.2) is 0 Å². The number of hydrogen-bond acceptors (Lipinski definition) is 3. The Kier molecular flexibility index (Phi) is 4.27. The van der Waals surface area contributed by atoms with Crippen molar-refractivity contribution in [2.45, 2.75) is 32.5 Å². The summed E-state index contributed by atoms with van der Waals surface area (Å²) in [6.07, 6.45) is -1.59. The number of alkyl halides is 1. The van der Waals surface area contributed by atoms with E-state index in [0.717, 1.165) is 0 Å². The Labute approximate surface area is 95.4 Å². The quantitative estimate of drug-likeness (QED) is 0.776. The van der Waals surface area contributed by atoms with Crippen LogP contribution in [0.25, 0.3) is 0 Å². The number of likely N-dealkylation sites (tertiary alicyclic amines) is 1. The first-order chi connectivity index (χ1) is 7.42. The third-order valence-electron chi connectivity index (χ3n) is 3.02. The molecule has 0 aromatic rings. The van der Waals surface area contributed by atoms with Crippen LogP contribution < -0.4 is 0 Å². The fourth-order valence-electron chi connectivity index (χ4n) is 2.35. The van der Waals surface area contributed by atoms with Crippen LogP contribution >= 0.6 is 0 Å². The summed E-state index contributed by atoms with van der Waals surface area (Å²) in [4.78, 5) is 13.1. The molecule has 0 aliphatic carbocycles. The number of aliphatic hydroxyl groups excluding tert-OH is 1. The number of piperidine rings is 1. The van der Waals surface area contributed by atoms with Crippen molar-refractivity contribution < 1.29 is 19.0 Å². The van der Waals surface area contributed by atoms with Crippen molar-refractivity contribution in [2.24, 2.45) is 5.41 Å². The zero-order valence-corrected chi connectivity index (χ0v) is 10.1. The highest BCUT2D eigenvalue weighted by Gasteiger charge is 2.44. The van der Waals surface area contributed by atoms with Crippen LogP contribution in [0, 0.1) is 5.41 Å². The van der Waals surface area contributed by atoms with Crippen molar-refractivity contribution in [1.29, 1.82) is 0 Å². The van der Waals surface area contributed by atoms with Gasteiger partial charge >= 0.3 is 0 Å². The van der Waals surface area contributed by atoms with Gasteiger partial charge in [0.1, 0.15) is 6.17 Å². The van der Waals surface area contributed by atoms with Crippen LogP contribution in [0.3, 0.4) is 0 Å². The van der Waals surface area contributed by atoms with Gasteiger partial charge in [-0.05, 0) is 0 Å². The Hall–Kier alpha value is -0.680. The van der Waals surface area contributed by atoms with Crippen LogP contribution in [0.2, 0.25) is 0 Å². The lowest BCUT2D eigenvalue weighted by molar-refractivity contribution is -0.147. The predicted octanol–water partition coefficient (Wildman–Crippen LogP) is 0.590. The Morgan fingerprint density at radius 3 is 2.69 bits per heavy atom. The van der Waals surface area contributed by atoms with Crippen molar-refractivity contribution in [3.05, 3.63) is 0 Å². The Bertz CT molecular complexity index is 258. The molecule has 2 atom stereocenters. The lowest BCUT2D eigenvalue weighted by atomic mass is 9.80. The maximum atomic E-state index is 13.8. The minimum atomic E-state index is -1.17. The molecule has 5 heteroatoms. The average molecular weight is 233 g/mol. The monoisotopic (exact) mass is 233 g/mol. The molecule has 1 heterocycles. The second-order valence-electron chi connectivity index (χ2n) is 4.91. The number of ether oxygens (including phenoxy) is 1. The van der Waals surface area contributed by atoms with E-state index in [0.29, 0.717) is 6.54 Å². The van der Waals surface area contributed by atoms with Crippen molar-refractivity contribution in [3.8, 4) is 0 Å². The van der Waals surface area contributed by atoms with Crippen LogP contribution in [0.5, 0.6) is 0 Å². The van der Waals surface area contributed by atoms with Gasteiger partial charge in [0.05, 0.1) is 19.3 Å². The molecule has 0 unspecified atom stereocenters. The minimum Gasteiger partial charge on any atom is -0.396 e. The fourth-order valence-corrected chi connectivity index (χ4v) is 2.35. The summed E-state index contributed by atoms with van der Waals surface area (Å²) >= 11 is 0. The molecule has 0 aromatic heterocycles. The third-order valence-corrected chi connectivity index (χ3v) is 3.02. The molecule has 94 valence electrons. The summed E-state index contributed by atoms with van der Waals surface area (Å²) in [5.74, 6) is -0.201. The highest BCUT2D eigenvalue weighted by molar-refractivity contribution is 5.76. The Balaban J connectivity index is 2.71. The molecule has 1 fully saturated rings. The number of carbonyl (C=O) groups is 1. The van der Waals surface area contributed by atoms with Crippen LogP contribution in [-0.2, 0) is 9.53 Å². The molecule has 1 amide bonds. The molecular weight excluding hydrogens is 213 g/mol. The first-order valence-electron chi connectivity index (χ1n) is 5.48. The van der Waals surface area contributed by atoms with Crippen molar-refractivity contribution >= 4 is 5.91 Å². The second kappa shape index (κ2) is 5.10. The molecule has 1 N–H and O–H groups in total. The van der Waals surface area contributed by atoms with Gasteiger partial charge in [-0.3, -0.25) is 4.79 Å². The maximum Gasteiger partial charge on any atom is 0.224 e. The van der Waals surface area contributed by atoms with Gasteiger partial charge < -0.3 is 14.7 Å². The molecule has 0 aromatic carbocycles. The summed E-state index contributed by atoms with van der Waals surface area (Å²) < 4.78 is 19.0. The number of amides is 1. The van der Waals surface area contributed by atoms with Gasteiger partial charge in [-0.15, -0.1) is 0 Å². The second-order valence-corrected chi connectivity index (χ2v) is 4.91. The number of halogens is 1. The summed E-state index contributed by atoms with van der Waals surface area (Å²) in [5, 5.41) is 8.70. The minimum absolute atomic E-state index is 0.0560. The molecule has 0 radical (unpaired) electrons. The summed E-state index contributed by atoms with van der Waals surface area (Å²) in [6, 6.07) is 0. The number of methoxy groups -OCH3 is 1. The molecular formula is C11H20FNO3. The molecule has 1 aliphatic heterocycles. The molecule has 16 heavy (non-hydrogen) atoms. The summed E-state index contributed by atoms with van der Waals surface area (Å²) in [5.41, 5.74) is -0.405. The van der Waals surface area contributed by atoms with Gasteiger partial charge in [-0.2, -0.15) is 0 Å². The topological polar surface area (TPSA) is 49.8 Å².